The van der Waals surface area contributed by atoms with Crippen LogP contribution < -0.4 is 0 Å². The van der Waals surface area contributed by atoms with Gasteiger partial charge in [-0.2, -0.15) is 0 Å². The van der Waals surface area contributed by atoms with E-state index in [2.05, 4.69) is 30.5 Å². The molecule has 1 aliphatic carbocycles. The molecule has 1 aromatic heterocycles. The van der Waals surface area contributed by atoms with Crippen molar-refractivity contribution in [1.29, 1.82) is 0 Å². The number of rotatable bonds is 4. The van der Waals surface area contributed by atoms with Gasteiger partial charge < -0.3 is 9.47 Å². The highest BCUT2D eigenvalue weighted by Gasteiger charge is 2.42. The van der Waals surface area contributed by atoms with Crippen LogP contribution in [0, 0.1) is 13.8 Å². The predicted octanol–water partition coefficient (Wildman–Crippen LogP) is 2.89. The van der Waals surface area contributed by atoms with E-state index in [1.165, 1.54) is 0 Å². The molecule has 26 heavy (non-hydrogen) atoms. The first kappa shape index (κ1) is 17.3. The average Bonchev–Trinajstić information content (AvgIpc) is 3.29. The number of hydrogen-bond donors (Lipinski definition) is 0. The predicted molar refractivity (Wildman–Crippen MR) is 101 cm³/mol. The van der Waals surface area contributed by atoms with E-state index in [-0.39, 0.29) is 29.5 Å². The SMILES string of the molecule is Cc1ccc(C)n1-c1ccc(C(=O)N(C2CC2)C2CCS(=O)(=O)C2)cc1. The number of carbonyl (C=O) groups excluding carboxylic acids is 1. The number of sulfone groups is 1. The van der Waals surface area contributed by atoms with Crippen LogP contribution in [-0.4, -0.2) is 47.4 Å². The van der Waals surface area contributed by atoms with Crippen LogP contribution in [0.2, 0.25) is 0 Å². The Morgan fingerprint density at radius 1 is 0.962 bits per heavy atom. The Morgan fingerprint density at radius 2 is 1.58 bits per heavy atom. The zero-order valence-electron chi connectivity index (χ0n) is 15.2. The molecular weight excluding hydrogens is 348 g/mol. The molecule has 1 saturated carbocycles. The summed E-state index contributed by atoms with van der Waals surface area (Å²) in [6, 6.07) is 11.8. The summed E-state index contributed by atoms with van der Waals surface area (Å²) in [6.45, 7) is 4.11. The summed E-state index contributed by atoms with van der Waals surface area (Å²) in [5, 5.41) is 0. The molecule has 1 saturated heterocycles. The molecule has 2 aromatic rings. The first-order valence-electron chi connectivity index (χ1n) is 9.14. The summed E-state index contributed by atoms with van der Waals surface area (Å²) >= 11 is 0. The molecule has 1 unspecified atom stereocenters. The summed E-state index contributed by atoms with van der Waals surface area (Å²) < 4.78 is 25.8. The van der Waals surface area contributed by atoms with E-state index in [1.54, 1.807) is 0 Å². The quantitative estimate of drug-likeness (QED) is 0.829. The molecule has 0 bridgehead atoms. The highest BCUT2D eigenvalue weighted by molar-refractivity contribution is 7.91. The van der Waals surface area contributed by atoms with E-state index in [0.717, 1.165) is 29.9 Å². The van der Waals surface area contributed by atoms with Crippen LogP contribution in [0.5, 0.6) is 0 Å². The number of carbonyl (C=O) groups is 1. The van der Waals surface area contributed by atoms with E-state index < -0.39 is 9.84 Å². The second kappa shape index (κ2) is 6.27. The van der Waals surface area contributed by atoms with Crippen molar-refractivity contribution < 1.29 is 13.2 Å². The van der Waals surface area contributed by atoms with Crippen molar-refractivity contribution in [2.45, 2.75) is 45.2 Å². The average molecular weight is 372 g/mol. The van der Waals surface area contributed by atoms with Crippen molar-refractivity contribution in [3.05, 3.63) is 53.3 Å². The third-order valence-corrected chi connectivity index (χ3v) is 7.17. The van der Waals surface area contributed by atoms with Gasteiger partial charge in [-0.25, -0.2) is 8.42 Å². The summed E-state index contributed by atoms with van der Waals surface area (Å²) in [4.78, 5) is 14.9. The summed E-state index contributed by atoms with van der Waals surface area (Å²) in [5.41, 5.74) is 3.96. The summed E-state index contributed by atoms with van der Waals surface area (Å²) in [7, 11) is -3.01. The molecule has 138 valence electrons. The van der Waals surface area contributed by atoms with E-state index in [4.69, 9.17) is 0 Å². The fourth-order valence-electron chi connectivity index (χ4n) is 3.96. The Balaban J connectivity index is 1.59. The fraction of sp³-hybridized carbons (Fsp3) is 0.450. The Morgan fingerprint density at radius 3 is 2.08 bits per heavy atom. The van der Waals surface area contributed by atoms with Gasteiger partial charge in [0.1, 0.15) is 0 Å². The highest BCUT2D eigenvalue weighted by atomic mass is 32.2. The molecule has 2 heterocycles. The van der Waals surface area contributed by atoms with Crippen molar-refractivity contribution in [2.75, 3.05) is 11.5 Å². The highest BCUT2D eigenvalue weighted by Crippen LogP contribution is 2.33. The van der Waals surface area contributed by atoms with Gasteiger partial charge in [0.15, 0.2) is 9.84 Å². The number of nitrogens with zero attached hydrogens (tertiary/aromatic N) is 2. The lowest BCUT2D eigenvalue weighted by atomic mass is 10.1. The van der Waals surface area contributed by atoms with Gasteiger partial charge in [0.05, 0.1) is 11.5 Å². The van der Waals surface area contributed by atoms with Gasteiger partial charge >= 0.3 is 0 Å². The molecule has 4 rings (SSSR count). The Hall–Kier alpha value is -2.08. The number of aromatic nitrogens is 1. The van der Waals surface area contributed by atoms with Gasteiger partial charge in [-0.15, -0.1) is 0 Å². The number of hydrogen-bond acceptors (Lipinski definition) is 3. The standard InChI is InChI=1S/C20H24N2O3S/c1-14-3-4-15(2)21(14)17-7-5-16(6-8-17)20(23)22(18-9-10-18)19-11-12-26(24,25)13-19/h3-8,18-19H,9-13H2,1-2H3. The first-order valence-corrected chi connectivity index (χ1v) is 11.0. The van der Waals surface area contributed by atoms with Crippen LogP contribution in [0.1, 0.15) is 41.0 Å². The lowest BCUT2D eigenvalue weighted by molar-refractivity contribution is 0.0681. The van der Waals surface area contributed by atoms with E-state index in [1.807, 2.05) is 29.2 Å². The van der Waals surface area contributed by atoms with Crippen molar-refractivity contribution in [1.82, 2.24) is 9.47 Å². The van der Waals surface area contributed by atoms with Gasteiger partial charge in [0, 0.05) is 34.7 Å². The fourth-order valence-corrected chi connectivity index (χ4v) is 5.67. The molecular formula is C20H24N2O3S. The first-order chi connectivity index (χ1) is 12.4. The molecule has 2 aliphatic rings. The molecule has 1 aliphatic heterocycles. The van der Waals surface area contributed by atoms with Crippen LogP contribution in [0.15, 0.2) is 36.4 Å². The van der Waals surface area contributed by atoms with Crippen molar-refractivity contribution in [2.24, 2.45) is 0 Å². The zero-order chi connectivity index (χ0) is 18.5. The van der Waals surface area contributed by atoms with Gasteiger partial charge in [-0.05, 0) is 69.5 Å². The third kappa shape index (κ3) is 3.18. The van der Waals surface area contributed by atoms with Crippen molar-refractivity contribution >= 4 is 15.7 Å². The minimum absolute atomic E-state index is 0.0397. The van der Waals surface area contributed by atoms with Gasteiger partial charge in [0.25, 0.3) is 5.91 Å². The lowest BCUT2D eigenvalue weighted by Crippen LogP contribution is -2.42. The van der Waals surface area contributed by atoms with Crippen LogP contribution in [-0.2, 0) is 9.84 Å². The van der Waals surface area contributed by atoms with Gasteiger partial charge in [0.2, 0.25) is 0 Å². The maximum atomic E-state index is 13.1. The molecule has 1 aromatic carbocycles. The molecule has 5 nitrogen and oxygen atoms in total. The second-order valence-electron chi connectivity index (χ2n) is 7.50. The maximum absolute atomic E-state index is 13.1. The normalized spacial score (nSPS) is 21.7. The molecule has 0 radical (unpaired) electrons. The lowest BCUT2D eigenvalue weighted by Gasteiger charge is -2.28. The number of amides is 1. The Bertz CT molecular complexity index is 920. The zero-order valence-corrected chi connectivity index (χ0v) is 16.0. The van der Waals surface area contributed by atoms with E-state index >= 15 is 0 Å². The monoisotopic (exact) mass is 372 g/mol. The van der Waals surface area contributed by atoms with Crippen molar-refractivity contribution in [3.8, 4) is 5.69 Å². The van der Waals surface area contributed by atoms with Crippen LogP contribution >= 0.6 is 0 Å². The minimum Gasteiger partial charge on any atom is -0.332 e. The third-order valence-electron chi connectivity index (χ3n) is 5.42. The maximum Gasteiger partial charge on any atom is 0.254 e. The second-order valence-corrected chi connectivity index (χ2v) is 9.73. The molecule has 1 atom stereocenters. The Kier molecular flexibility index (Phi) is 4.18. The molecule has 0 N–H and O–H groups in total. The van der Waals surface area contributed by atoms with Gasteiger partial charge in [-0.1, -0.05) is 0 Å². The number of benzene rings is 1. The Labute approximate surface area is 154 Å². The molecule has 2 fully saturated rings. The smallest absolute Gasteiger partial charge is 0.254 e. The van der Waals surface area contributed by atoms with Gasteiger partial charge in [-0.3, -0.25) is 4.79 Å². The van der Waals surface area contributed by atoms with Crippen LogP contribution in [0.3, 0.4) is 0 Å². The topological polar surface area (TPSA) is 59.4 Å². The largest absolute Gasteiger partial charge is 0.332 e. The summed E-state index contributed by atoms with van der Waals surface area (Å²) in [6.07, 6.45) is 2.51. The van der Waals surface area contributed by atoms with E-state index in [0.29, 0.717) is 12.0 Å². The molecule has 6 heteroatoms. The van der Waals surface area contributed by atoms with Crippen molar-refractivity contribution in [3.63, 3.8) is 0 Å². The van der Waals surface area contributed by atoms with Crippen LogP contribution in [0.25, 0.3) is 5.69 Å². The summed E-state index contributed by atoms with van der Waals surface area (Å²) in [5.74, 6) is 0.260. The van der Waals surface area contributed by atoms with Crippen LogP contribution in [0.4, 0.5) is 0 Å². The molecule has 0 spiro atoms. The number of aryl methyl sites for hydroxylation is 2. The minimum atomic E-state index is -3.01. The molecule has 1 amide bonds. The van der Waals surface area contributed by atoms with E-state index in [9.17, 15) is 13.2 Å².